The van der Waals surface area contributed by atoms with E-state index in [1.807, 2.05) is 48.5 Å². The van der Waals surface area contributed by atoms with E-state index in [9.17, 15) is 9.59 Å². The maximum Gasteiger partial charge on any atom is 0.338 e. The molecule has 0 aliphatic carbocycles. The summed E-state index contributed by atoms with van der Waals surface area (Å²) in [4.78, 5) is 35.8. The van der Waals surface area contributed by atoms with Crippen molar-refractivity contribution in [1.82, 2.24) is 4.57 Å². The van der Waals surface area contributed by atoms with Crippen LogP contribution in [-0.2, 0) is 9.53 Å². The molecular weight excluding hydrogens is 554 g/mol. The highest BCUT2D eigenvalue weighted by Crippen LogP contribution is 2.35. The zero-order valence-corrected chi connectivity index (χ0v) is 25.8. The number of hydrogen-bond donors (Lipinski definition) is 0. The summed E-state index contributed by atoms with van der Waals surface area (Å²) in [6.45, 7) is 8.48. The Hall–Kier alpha value is -4.23. The Kier molecular flexibility index (Phi) is 8.43. The van der Waals surface area contributed by atoms with Gasteiger partial charge in [-0.05, 0) is 67.0 Å². The lowest BCUT2D eigenvalue weighted by atomic mass is 9.91. The summed E-state index contributed by atoms with van der Waals surface area (Å²) in [5.74, 6) is -0.108. The summed E-state index contributed by atoms with van der Waals surface area (Å²) in [6.07, 6.45) is 5.67. The summed E-state index contributed by atoms with van der Waals surface area (Å²) < 4.78 is 7.83. The average Bonchev–Trinajstić information content (AvgIpc) is 3.35. The molecule has 2 aliphatic rings. The van der Waals surface area contributed by atoms with E-state index >= 15 is 0 Å². The van der Waals surface area contributed by atoms with Gasteiger partial charge < -0.3 is 9.64 Å². The maximum absolute atomic E-state index is 14.2. The fraction of sp³-hybridized carbons (Fsp3) is 0.306. The van der Waals surface area contributed by atoms with Gasteiger partial charge in [0.15, 0.2) is 4.80 Å². The second-order valence-electron chi connectivity index (χ2n) is 11.4. The summed E-state index contributed by atoms with van der Waals surface area (Å²) >= 11 is 1.35. The zero-order valence-electron chi connectivity index (χ0n) is 25.0. The van der Waals surface area contributed by atoms with Gasteiger partial charge in [-0.25, -0.2) is 9.79 Å². The van der Waals surface area contributed by atoms with E-state index in [4.69, 9.17) is 9.73 Å². The molecule has 0 saturated carbocycles. The molecule has 43 heavy (non-hydrogen) atoms. The molecule has 0 amide bonds. The molecule has 7 heteroatoms. The molecule has 1 saturated heterocycles. The number of esters is 1. The molecular formula is C36H37N3O3S. The number of carbonyl (C=O) groups is 1. The van der Waals surface area contributed by atoms with Crippen molar-refractivity contribution in [3.8, 4) is 0 Å². The third-order valence-corrected chi connectivity index (χ3v) is 9.19. The molecule has 0 bridgehead atoms. The molecule has 6 rings (SSSR count). The Bertz CT molecular complexity index is 1810. The SMILES string of the molecule is CCOC(=O)C1=C(c2ccccc2)N=c2s/c(=C/c3ccc(N4CCCCC4)cc3)c(=O)n2[C@@H]1c1ccc(C(C)C)cc1. The van der Waals surface area contributed by atoms with Crippen molar-refractivity contribution in [1.29, 1.82) is 0 Å². The summed E-state index contributed by atoms with van der Waals surface area (Å²) in [5.41, 5.74) is 5.75. The predicted octanol–water partition coefficient (Wildman–Crippen LogP) is 6.05. The van der Waals surface area contributed by atoms with Crippen molar-refractivity contribution in [3.05, 3.63) is 126 Å². The number of benzene rings is 3. The first-order valence-electron chi connectivity index (χ1n) is 15.2. The molecule has 3 heterocycles. The standard InChI is InChI=1S/C36H37N3O3S/c1-4-42-35(41)31-32(27-11-7-5-8-12-27)37-36-39(33(31)28-17-15-26(16-18-28)24(2)3)34(40)30(43-36)23-25-13-19-29(20-14-25)38-21-9-6-10-22-38/h5,7-8,11-20,23-24,33H,4,6,9-10,21-22H2,1-3H3/b30-23+/t33-/m1/s1. The molecule has 1 aromatic heterocycles. The number of rotatable bonds is 7. The van der Waals surface area contributed by atoms with Gasteiger partial charge in [0.05, 0.1) is 28.5 Å². The predicted molar refractivity (Wildman–Crippen MR) is 174 cm³/mol. The van der Waals surface area contributed by atoms with Crippen molar-refractivity contribution in [2.45, 2.75) is 52.0 Å². The van der Waals surface area contributed by atoms with Gasteiger partial charge in [0, 0.05) is 24.3 Å². The third-order valence-electron chi connectivity index (χ3n) is 8.20. The van der Waals surface area contributed by atoms with Crippen LogP contribution in [0.5, 0.6) is 0 Å². The van der Waals surface area contributed by atoms with Gasteiger partial charge in [0.2, 0.25) is 0 Å². The van der Waals surface area contributed by atoms with Crippen LogP contribution in [0.4, 0.5) is 5.69 Å². The van der Waals surface area contributed by atoms with Gasteiger partial charge in [0.25, 0.3) is 5.56 Å². The molecule has 0 radical (unpaired) electrons. The molecule has 4 aromatic rings. The Morgan fingerprint density at radius 3 is 2.33 bits per heavy atom. The number of ether oxygens (including phenoxy) is 1. The maximum atomic E-state index is 14.2. The molecule has 1 atom stereocenters. The number of hydrogen-bond acceptors (Lipinski definition) is 6. The topological polar surface area (TPSA) is 63.9 Å². The first kappa shape index (κ1) is 28.9. The van der Waals surface area contributed by atoms with E-state index in [0.29, 0.717) is 26.5 Å². The lowest BCUT2D eigenvalue weighted by molar-refractivity contribution is -0.138. The molecule has 0 spiro atoms. The van der Waals surface area contributed by atoms with Crippen molar-refractivity contribution in [2.75, 3.05) is 24.6 Å². The van der Waals surface area contributed by atoms with Crippen LogP contribution < -0.4 is 19.8 Å². The van der Waals surface area contributed by atoms with Crippen LogP contribution in [0, 0.1) is 0 Å². The van der Waals surface area contributed by atoms with Crippen LogP contribution in [0.25, 0.3) is 11.8 Å². The van der Waals surface area contributed by atoms with Crippen LogP contribution in [0.1, 0.15) is 74.2 Å². The van der Waals surface area contributed by atoms with Gasteiger partial charge >= 0.3 is 5.97 Å². The smallest absolute Gasteiger partial charge is 0.338 e. The Labute approximate surface area is 256 Å². The molecule has 3 aromatic carbocycles. The van der Waals surface area contributed by atoms with Gasteiger partial charge in [-0.3, -0.25) is 9.36 Å². The largest absolute Gasteiger partial charge is 0.463 e. The summed E-state index contributed by atoms with van der Waals surface area (Å²) in [6, 6.07) is 25.6. The van der Waals surface area contributed by atoms with Crippen LogP contribution in [-0.4, -0.2) is 30.2 Å². The molecule has 2 aliphatic heterocycles. The summed E-state index contributed by atoms with van der Waals surface area (Å²) in [5, 5.41) is 0. The number of piperidine rings is 1. The second-order valence-corrected chi connectivity index (χ2v) is 12.4. The zero-order chi connectivity index (χ0) is 29.9. The van der Waals surface area contributed by atoms with Crippen molar-refractivity contribution < 1.29 is 9.53 Å². The van der Waals surface area contributed by atoms with Gasteiger partial charge in [-0.1, -0.05) is 91.9 Å². The van der Waals surface area contributed by atoms with E-state index in [0.717, 1.165) is 29.8 Å². The number of anilines is 1. The minimum absolute atomic E-state index is 0.171. The highest BCUT2D eigenvalue weighted by Gasteiger charge is 2.35. The van der Waals surface area contributed by atoms with Crippen LogP contribution in [0.2, 0.25) is 0 Å². The number of nitrogens with zero attached hydrogens (tertiary/aromatic N) is 3. The van der Waals surface area contributed by atoms with Gasteiger partial charge in [-0.2, -0.15) is 0 Å². The monoisotopic (exact) mass is 591 g/mol. The van der Waals surface area contributed by atoms with E-state index < -0.39 is 12.0 Å². The first-order chi connectivity index (χ1) is 20.9. The van der Waals surface area contributed by atoms with E-state index in [-0.39, 0.29) is 12.2 Å². The third kappa shape index (κ3) is 5.87. The highest BCUT2D eigenvalue weighted by atomic mass is 32.1. The van der Waals surface area contributed by atoms with Gasteiger partial charge in [0.1, 0.15) is 0 Å². The molecule has 0 N–H and O–H groups in total. The van der Waals surface area contributed by atoms with E-state index in [1.54, 1.807) is 11.5 Å². The lowest BCUT2D eigenvalue weighted by Gasteiger charge is -2.28. The molecule has 0 unspecified atom stereocenters. The Balaban J connectivity index is 1.51. The van der Waals surface area contributed by atoms with Crippen molar-refractivity contribution in [2.24, 2.45) is 4.99 Å². The van der Waals surface area contributed by atoms with E-state index in [1.165, 1.54) is 41.9 Å². The minimum Gasteiger partial charge on any atom is -0.463 e. The number of aromatic nitrogens is 1. The molecule has 1 fully saturated rings. The number of carbonyl (C=O) groups excluding carboxylic acids is 1. The van der Waals surface area contributed by atoms with Crippen molar-refractivity contribution in [3.63, 3.8) is 0 Å². The highest BCUT2D eigenvalue weighted by molar-refractivity contribution is 7.07. The Morgan fingerprint density at radius 1 is 0.977 bits per heavy atom. The molecule has 6 nitrogen and oxygen atoms in total. The number of thiazole rings is 1. The molecule has 220 valence electrons. The van der Waals surface area contributed by atoms with Crippen LogP contribution in [0.3, 0.4) is 0 Å². The quantitative estimate of drug-likeness (QED) is 0.246. The van der Waals surface area contributed by atoms with Crippen LogP contribution >= 0.6 is 11.3 Å². The second kappa shape index (κ2) is 12.6. The van der Waals surface area contributed by atoms with Gasteiger partial charge in [-0.15, -0.1) is 0 Å². The normalized spacial score (nSPS) is 17.2. The lowest BCUT2D eigenvalue weighted by Crippen LogP contribution is -2.40. The summed E-state index contributed by atoms with van der Waals surface area (Å²) in [7, 11) is 0. The fourth-order valence-corrected chi connectivity index (χ4v) is 6.90. The average molecular weight is 592 g/mol. The minimum atomic E-state index is -0.671. The Morgan fingerprint density at radius 2 is 1.67 bits per heavy atom. The first-order valence-corrected chi connectivity index (χ1v) is 16.0. The fourth-order valence-electron chi connectivity index (χ4n) is 5.90. The van der Waals surface area contributed by atoms with Crippen LogP contribution in [0.15, 0.2) is 94.2 Å². The van der Waals surface area contributed by atoms with E-state index in [2.05, 4.69) is 55.1 Å². The van der Waals surface area contributed by atoms with Crippen molar-refractivity contribution >= 4 is 34.8 Å². The number of fused-ring (bicyclic) bond motifs is 1.